The minimum Gasteiger partial charge on any atom is -0.381 e. The van der Waals surface area contributed by atoms with E-state index < -0.39 is 0 Å². The van der Waals surface area contributed by atoms with Crippen LogP contribution in [0, 0.1) is 5.41 Å². The Balaban J connectivity index is 1.68. The molecular formula is C15H21NO2S. The molecule has 1 aliphatic carbocycles. The Bertz CT molecular complexity index is 408. The second-order valence-corrected chi connectivity index (χ2v) is 6.64. The fraction of sp³-hybridized carbons (Fsp3) is 0.667. The third-order valence-electron chi connectivity index (χ3n) is 4.29. The molecule has 0 bridgehead atoms. The molecule has 2 fully saturated rings. The lowest BCUT2D eigenvalue weighted by Crippen LogP contribution is -2.43. The molecule has 1 saturated carbocycles. The zero-order valence-corrected chi connectivity index (χ0v) is 12.0. The van der Waals surface area contributed by atoms with E-state index in [-0.39, 0.29) is 5.41 Å². The summed E-state index contributed by atoms with van der Waals surface area (Å²) in [6.07, 6.45) is 5.52. The first kappa shape index (κ1) is 13.3. The fourth-order valence-corrected chi connectivity index (χ4v) is 3.53. The number of hydrogen-bond donors (Lipinski definition) is 0. The van der Waals surface area contributed by atoms with Gasteiger partial charge in [0.2, 0.25) is 0 Å². The molecule has 3 rings (SSSR count). The number of rotatable bonds is 6. The first-order valence-electron chi connectivity index (χ1n) is 7.11. The van der Waals surface area contributed by atoms with E-state index >= 15 is 0 Å². The number of hydrogen-bond acceptors (Lipinski definition) is 4. The highest BCUT2D eigenvalue weighted by molar-refractivity contribution is 7.07. The Labute approximate surface area is 118 Å². The van der Waals surface area contributed by atoms with Crippen LogP contribution in [0.4, 0.5) is 0 Å². The quantitative estimate of drug-likeness (QED) is 0.750. The summed E-state index contributed by atoms with van der Waals surface area (Å²) in [7, 11) is 0. The maximum atomic E-state index is 11.6. The van der Waals surface area contributed by atoms with Gasteiger partial charge in [-0.2, -0.15) is 11.3 Å². The molecule has 0 aromatic carbocycles. The molecule has 0 atom stereocenters. The van der Waals surface area contributed by atoms with Gasteiger partial charge in [0.25, 0.3) is 0 Å². The van der Waals surface area contributed by atoms with Crippen molar-refractivity contribution in [2.45, 2.75) is 38.3 Å². The number of nitrogens with zero attached hydrogens (tertiary/aromatic N) is 1. The van der Waals surface area contributed by atoms with Crippen molar-refractivity contribution >= 4 is 17.6 Å². The van der Waals surface area contributed by atoms with Crippen molar-refractivity contribution in [2.75, 3.05) is 19.8 Å². The third-order valence-corrected chi connectivity index (χ3v) is 5.02. The smallest absolute Gasteiger partial charge is 0.127 e. The van der Waals surface area contributed by atoms with E-state index in [2.05, 4.69) is 21.7 Å². The molecule has 1 saturated heterocycles. The molecule has 0 N–H and O–H groups in total. The summed E-state index contributed by atoms with van der Waals surface area (Å²) in [5, 5.41) is 4.34. The molecular weight excluding hydrogens is 258 g/mol. The molecule has 0 amide bonds. The van der Waals surface area contributed by atoms with Gasteiger partial charge < -0.3 is 9.53 Å². The first-order valence-corrected chi connectivity index (χ1v) is 8.05. The van der Waals surface area contributed by atoms with Gasteiger partial charge in [0.05, 0.1) is 0 Å². The molecule has 19 heavy (non-hydrogen) atoms. The number of carbonyl (C=O) groups is 1. The predicted molar refractivity (Wildman–Crippen MR) is 76.3 cm³/mol. The van der Waals surface area contributed by atoms with Gasteiger partial charge in [-0.25, -0.2) is 0 Å². The standard InChI is InChI=1S/C15H21NO2S/c17-12-15(4-6-18-7-5-15)11-16(14-1-2-14)9-13-3-8-19-10-13/h3,8,10,12,14H,1-2,4-7,9,11H2. The molecule has 0 spiro atoms. The summed E-state index contributed by atoms with van der Waals surface area (Å²) in [6, 6.07) is 2.89. The van der Waals surface area contributed by atoms with Crippen LogP contribution in [0.2, 0.25) is 0 Å². The maximum absolute atomic E-state index is 11.6. The number of aldehydes is 1. The Kier molecular flexibility index (Phi) is 4.01. The summed E-state index contributed by atoms with van der Waals surface area (Å²) in [6.45, 7) is 3.36. The zero-order chi connectivity index (χ0) is 13.1. The van der Waals surface area contributed by atoms with Gasteiger partial charge in [-0.3, -0.25) is 4.90 Å². The lowest BCUT2D eigenvalue weighted by atomic mass is 9.81. The Morgan fingerprint density at radius 1 is 1.42 bits per heavy atom. The fourth-order valence-electron chi connectivity index (χ4n) is 2.87. The van der Waals surface area contributed by atoms with Gasteiger partial charge in [-0.1, -0.05) is 0 Å². The number of ether oxygens (including phenoxy) is 1. The number of thiophene rings is 1. The minimum absolute atomic E-state index is 0.170. The van der Waals surface area contributed by atoms with Crippen LogP contribution < -0.4 is 0 Å². The van der Waals surface area contributed by atoms with Crippen molar-refractivity contribution < 1.29 is 9.53 Å². The van der Waals surface area contributed by atoms with Gasteiger partial charge >= 0.3 is 0 Å². The summed E-state index contributed by atoms with van der Waals surface area (Å²) >= 11 is 1.75. The molecule has 1 aromatic heterocycles. The van der Waals surface area contributed by atoms with E-state index in [1.165, 1.54) is 24.7 Å². The van der Waals surface area contributed by atoms with Crippen molar-refractivity contribution in [3.63, 3.8) is 0 Å². The second-order valence-electron chi connectivity index (χ2n) is 5.86. The molecule has 3 nitrogen and oxygen atoms in total. The van der Waals surface area contributed by atoms with Gasteiger partial charge in [0.1, 0.15) is 6.29 Å². The van der Waals surface area contributed by atoms with Crippen LogP contribution in [-0.2, 0) is 16.1 Å². The normalized spacial score (nSPS) is 22.6. The lowest BCUT2D eigenvalue weighted by Gasteiger charge is -2.37. The minimum atomic E-state index is -0.170. The second kappa shape index (κ2) is 5.73. The summed E-state index contributed by atoms with van der Waals surface area (Å²) in [4.78, 5) is 14.1. The Morgan fingerprint density at radius 2 is 2.21 bits per heavy atom. The van der Waals surface area contributed by atoms with Gasteiger partial charge in [0, 0.05) is 37.8 Å². The van der Waals surface area contributed by atoms with Gasteiger partial charge in [-0.05, 0) is 48.1 Å². The molecule has 4 heteroatoms. The van der Waals surface area contributed by atoms with Crippen molar-refractivity contribution in [3.8, 4) is 0 Å². The largest absolute Gasteiger partial charge is 0.381 e. The average molecular weight is 279 g/mol. The Hall–Kier alpha value is -0.710. The van der Waals surface area contributed by atoms with Crippen molar-refractivity contribution in [1.82, 2.24) is 4.90 Å². The molecule has 104 valence electrons. The summed E-state index contributed by atoms with van der Waals surface area (Å²) in [5.41, 5.74) is 1.21. The van der Waals surface area contributed by atoms with Crippen LogP contribution in [0.3, 0.4) is 0 Å². The first-order chi connectivity index (χ1) is 9.31. The molecule has 2 heterocycles. The monoisotopic (exact) mass is 279 g/mol. The van der Waals surface area contributed by atoms with Crippen LogP contribution in [0.5, 0.6) is 0 Å². The van der Waals surface area contributed by atoms with Gasteiger partial charge in [0.15, 0.2) is 0 Å². The molecule has 0 radical (unpaired) electrons. The van der Waals surface area contributed by atoms with Crippen molar-refractivity contribution in [3.05, 3.63) is 22.4 Å². The van der Waals surface area contributed by atoms with E-state index in [9.17, 15) is 4.79 Å². The van der Waals surface area contributed by atoms with Crippen molar-refractivity contribution in [1.29, 1.82) is 0 Å². The number of carbonyl (C=O) groups excluding carboxylic acids is 1. The third kappa shape index (κ3) is 3.25. The van der Waals surface area contributed by atoms with Crippen LogP contribution in [0.1, 0.15) is 31.2 Å². The van der Waals surface area contributed by atoms with E-state index in [0.717, 1.165) is 39.1 Å². The Morgan fingerprint density at radius 3 is 2.79 bits per heavy atom. The van der Waals surface area contributed by atoms with Crippen molar-refractivity contribution in [2.24, 2.45) is 5.41 Å². The van der Waals surface area contributed by atoms with E-state index in [1.807, 2.05) is 0 Å². The average Bonchev–Trinajstić information content (AvgIpc) is 3.18. The van der Waals surface area contributed by atoms with Crippen LogP contribution in [0.15, 0.2) is 16.8 Å². The molecule has 1 aromatic rings. The highest BCUT2D eigenvalue weighted by atomic mass is 32.1. The molecule has 1 aliphatic heterocycles. The van der Waals surface area contributed by atoms with Crippen LogP contribution >= 0.6 is 11.3 Å². The van der Waals surface area contributed by atoms with Gasteiger partial charge in [-0.15, -0.1) is 0 Å². The lowest BCUT2D eigenvalue weighted by molar-refractivity contribution is -0.123. The van der Waals surface area contributed by atoms with E-state index in [0.29, 0.717) is 6.04 Å². The maximum Gasteiger partial charge on any atom is 0.127 e. The molecule has 2 aliphatic rings. The molecule has 0 unspecified atom stereocenters. The summed E-state index contributed by atoms with van der Waals surface area (Å²) < 4.78 is 5.41. The predicted octanol–water partition coefficient (Wildman–Crippen LogP) is 2.71. The SMILES string of the molecule is O=CC1(CN(Cc2ccsc2)C2CC2)CCOCC1. The summed E-state index contributed by atoms with van der Waals surface area (Å²) in [5.74, 6) is 0. The zero-order valence-electron chi connectivity index (χ0n) is 11.2. The van der Waals surface area contributed by atoms with E-state index in [4.69, 9.17) is 4.74 Å². The topological polar surface area (TPSA) is 29.5 Å². The highest BCUT2D eigenvalue weighted by Gasteiger charge is 2.38. The van der Waals surface area contributed by atoms with Crippen LogP contribution in [-0.4, -0.2) is 37.0 Å². The van der Waals surface area contributed by atoms with Crippen LogP contribution in [0.25, 0.3) is 0 Å². The highest BCUT2D eigenvalue weighted by Crippen LogP contribution is 2.35. The van der Waals surface area contributed by atoms with E-state index in [1.54, 1.807) is 11.3 Å².